The molecule has 62 valence electrons. The van der Waals surface area contributed by atoms with E-state index in [0.29, 0.717) is 21.1 Å². The largest absolute Gasteiger partial charge is 0.356 e. The van der Waals surface area contributed by atoms with Gasteiger partial charge in [-0.05, 0) is 35.0 Å². The second-order valence-corrected chi connectivity index (χ2v) is 3.30. The minimum absolute atomic E-state index is 0.297. The van der Waals surface area contributed by atoms with E-state index in [1.165, 1.54) is 6.07 Å². The highest BCUT2D eigenvalue weighted by atomic mass is 79.9. The van der Waals surface area contributed by atoms with Crippen LogP contribution in [0.15, 0.2) is 21.1 Å². The number of halogens is 2. The Morgan fingerprint density at radius 2 is 2.25 bits per heavy atom. The van der Waals surface area contributed by atoms with Crippen molar-refractivity contribution < 1.29 is 8.91 Å². The lowest BCUT2D eigenvalue weighted by molar-refractivity contribution is 0.450. The van der Waals surface area contributed by atoms with Gasteiger partial charge in [0.2, 0.25) is 0 Å². The van der Waals surface area contributed by atoms with Gasteiger partial charge in [0, 0.05) is 0 Å². The molecule has 12 heavy (non-hydrogen) atoms. The summed E-state index contributed by atoms with van der Waals surface area (Å²) in [5, 5.41) is 4.43. The third-order valence-corrected chi connectivity index (χ3v) is 2.47. The van der Waals surface area contributed by atoms with Crippen LogP contribution in [-0.2, 0) is 0 Å². The number of hydrogen-bond donors (Lipinski definition) is 0. The number of rotatable bonds is 0. The van der Waals surface area contributed by atoms with Crippen LogP contribution in [0.2, 0.25) is 0 Å². The zero-order chi connectivity index (χ0) is 8.72. The lowest BCUT2D eigenvalue weighted by Gasteiger charge is -1.93. The highest BCUT2D eigenvalue weighted by Gasteiger charge is 2.10. The van der Waals surface area contributed by atoms with Crippen LogP contribution >= 0.6 is 15.9 Å². The van der Waals surface area contributed by atoms with Crippen molar-refractivity contribution in [3.05, 3.63) is 28.1 Å². The van der Waals surface area contributed by atoms with E-state index in [0.717, 1.165) is 0 Å². The number of hydrogen-bond acceptors (Lipinski definition) is 2. The summed E-state index contributed by atoms with van der Waals surface area (Å²) in [5.41, 5.74) is 1.29. The minimum atomic E-state index is -0.297. The Labute approximate surface area is 76.5 Å². The maximum Gasteiger partial charge on any atom is 0.168 e. The molecule has 0 bridgehead atoms. The molecule has 1 aromatic carbocycles. The molecule has 1 aromatic heterocycles. The molecule has 4 heteroatoms. The first-order valence-corrected chi connectivity index (χ1v) is 4.19. The predicted octanol–water partition coefficient (Wildman–Crippen LogP) is 3.04. The average Bonchev–Trinajstić information content (AvgIpc) is 2.41. The standard InChI is InChI=1S/C8H5BrFNO/c1-4-7-6(12-11-4)3-2-5(10)8(7)9/h2-3H,1H3. The highest BCUT2D eigenvalue weighted by molar-refractivity contribution is 9.10. The fraction of sp³-hybridized carbons (Fsp3) is 0.125. The summed E-state index contributed by atoms with van der Waals surface area (Å²) in [6.45, 7) is 1.77. The first-order valence-electron chi connectivity index (χ1n) is 3.40. The Morgan fingerprint density at radius 1 is 1.50 bits per heavy atom. The van der Waals surface area contributed by atoms with Crippen molar-refractivity contribution in [1.29, 1.82) is 0 Å². The molecule has 0 aliphatic carbocycles. The maximum absolute atomic E-state index is 13.0. The number of benzene rings is 1. The molecule has 1 heterocycles. The summed E-state index contributed by atoms with van der Waals surface area (Å²) in [6.07, 6.45) is 0. The molecule has 0 aliphatic rings. The second kappa shape index (κ2) is 2.55. The summed E-state index contributed by atoms with van der Waals surface area (Å²) in [7, 11) is 0. The molecule has 2 aromatic rings. The van der Waals surface area contributed by atoms with Crippen molar-refractivity contribution in [3.8, 4) is 0 Å². The van der Waals surface area contributed by atoms with Gasteiger partial charge in [0.05, 0.1) is 15.6 Å². The molecular weight excluding hydrogens is 225 g/mol. The van der Waals surface area contributed by atoms with Crippen molar-refractivity contribution in [1.82, 2.24) is 5.16 Å². The van der Waals surface area contributed by atoms with Crippen LogP contribution in [0.3, 0.4) is 0 Å². The van der Waals surface area contributed by atoms with E-state index in [2.05, 4.69) is 21.1 Å². The molecule has 0 radical (unpaired) electrons. The van der Waals surface area contributed by atoms with Crippen molar-refractivity contribution in [2.45, 2.75) is 6.92 Å². The predicted molar refractivity (Wildman–Crippen MR) is 46.4 cm³/mol. The van der Waals surface area contributed by atoms with E-state index in [4.69, 9.17) is 4.52 Å². The third-order valence-electron chi connectivity index (χ3n) is 1.70. The van der Waals surface area contributed by atoms with Crippen LogP contribution in [0.1, 0.15) is 5.69 Å². The number of aryl methyl sites for hydroxylation is 1. The van der Waals surface area contributed by atoms with Crippen LogP contribution in [-0.4, -0.2) is 5.16 Å². The Kier molecular flexibility index (Phi) is 1.65. The van der Waals surface area contributed by atoms with Gasteiger partial charge in [0.1, 0.15) is 5.82 Å². The zero-order valence-electron chi connectivity index (χ0n) is 6.27. The molecule has 0 fully saturated rings. The van der Waals surface area contributed by atoms with Crippen LogP contribution in [0.5, 0.6) is 0 Å². The molecule has 0 saturated carbocycles. The van der Waals surface area contributed by atoms with Gasteiger partial charge in [-0.15, -0.1) is 0 Å². The Morgan fingerprint density at radius 3 is 3.00 bits per heavy atom. The second-order valence-electron chi connectivity index (χ2n) is 2.50. The third kappa shape index (κ3) is 0.948. The van der Waals surface area contributed by atoms with Crippen molar-refractivity contribution >= 4 is 26.9 Å². The van der Waals surface area contributed by atoms with E-state index in [1.54, 1.807) is 13.0 Å². The molecule has 0 unspecified atom stereocenters. The molecule has 0 spiro atoms. The molecular formula is C8H5BrFNO. The monoisotopic (exact) mass is 229 g/mol. The summed E-state index contributed by atoms with van der Waals surface area (Å²) in [4.78, 5) is 0. The molecule has 2 rings (SSSR count). The quantitative estimate of drug-likeness (QED) is 0.695. The van der Waals surface area contributed by atoms with Crippen molar-refractivity contribution in [2.75, 3.05) is 0 Å². The summed E-state index contributed by atoms with van der Waals surface area (Å²) >= 11 is 3.14. The van der Waals surface area contributed by atoms with Gasteiger partial charge < -0.3 is 4.52 Å². The molecule has 0 atom stereocenters. The Bertz CT molecular complexity index is 438. The SMILES string of the molecule is Cc1noc2ccc(F)c(Br)c12. The summed E-state index contributed by atoms with van der Waals surface area (Å²) < 4.78 is 18.3. The normalized spacial score (nSPS) is 10.9. The van der Waals surface area contributed by atoms with Crippen LogP contribution < -0.4 is 0 Å². The number of aromatic nitrogens is 1. The van der Waals surface area contributed by atoms with Gasteiger partial charge in [0.25, 0.3) is 0 Å². The first-order chi connectivity index (χ1) is 5.70. The molecule has 0 amide bonds. The maximum atomic E-state index is 13.0. The fourth-order valence-electron chi connectivity index (χ4n) is 1.11. The molecule has 0 N–H and O–H groups in total. The number of fused-ring (bicyclic) bond motifs is 1. The fourth-order valence-corrected chi connectivity index (χ4v) is 1.72. The van der Waals surface area contributed by atoms with Crippen LogP contribution in [0.4, 0.5) is 4.39 Å². The van der Waals surface area contributed by atoms with E-state index in [9.17, 15) is 4.39 Å². The van der Waals surface area contributed by atoms with Crippen molar-refractivity contribution in [3.63, 3.8) is 0 Å². The minimum Gasteiger partial charge on any atom is -0.356 e. The first kappa shape index (κ1) is 7.73. The topological polar surface area (TPSA) is 26.0 Å². The van der Waals surface area contributed by atoms with Gasteiger partial charge >= 0.3 is 0 Å². The van der Waals surface area contributed by atoms with E-state index < -0.39 is 0 Å². The Hall–Kier alpha value is -0.900. The lowest BCUT2D eigenvalue weighted by atomic mass is 10.2. The zero-order valence-corrected chi connectivity index (χ0v) is 7.85. The summed E-state index contributed by atoms with van der Waals surface area (Å²) in [5.74, 6) is -0.297. The average molecular weight is 230 g/mol. The van der Waals surface area contributed by atoms with Gasteiger partial charge in [-0.25, -0.2) is 4.39 Å². The van der Waals surface area contributed by atoms with E-state index in [1.807, 2.05) is 0 Å². The smallest absolute Gasteiger partial charge is 0.168 e. The van der Waals surface area contributed by atoms with Crippen LogP contribution in [0, 0.1) is 12.7 Å². The molecule has 0 aliphatic heterocycles. The van der Waals surface area contributed by atoms with Gasteiger partial charge in [0.15, 0.2) is 5.58 Å². The van der Waals surface area contributed by atoms with E-state index >= 15 is 0 Å². The van der Waals surface area contributed by atoms with Crippen LogP contribution in [0.25, 0.3) is 11.0 Å². The number of nitrogens with zero attached hydrogens (tertiary/aromatic N) is 1. The molecule has 0 saturated heterocycles. The summed E-state index contributed by atoms with van der Waals surface area (Å²) in [6, 6.07) is 2.91. The van der Waals surface area contributed by atoms with Gasteiger partial charge in [-0.2, -0.15) is 0 Å². The van der Waals surface area contributed by atoms with Gasteiger partial charge in [-0.3, -0.25) is 0 Å². The molecule has 2 nitrogen and oxygen atoms in total. The highest BCUT2D eigenvalue weighted by Crippen LogP contribution is 2.28. The van der Waals surface area contributed by atoms with E-state index in [-0.39, 0.29) is 5.82 Å². The lowest BCUT2D eigenvalue weighted by Crippen LogP contribution is -1.78. The van der Waals surface area contributed by atoms with Gasteiger partial charge in [-0.1, -0.05) is 5.16 Å². The van der Waals surface area contributed by atoms with Crippen molar-refractivity contribution in [2.24, 2.45) is 0 Å². The Balaban J connectivity index is 2.96.